The molecular weight excluding hydrogens is 426 g/mol. The van der Waals surface area contributed by atoms with Gasteiger partial charge in [-0.2, -0.15) is 9.40 Å². The minimum Gasteiger partial charge on any atom is -0.369 e. The Morgan fingerprint density at radius 3 is 2.53 bits per heavy atom. The van der Waals surface area contributed by atoms with Crippen LogP contribution in [0.15, 0.2) is 35.5 Å². The van der Waals surface area contributed by atoms with Crippen molar-refractivity contribution in [1.29, 1.82) is 0 Å². The number of aromatic nitrogens is 2. The normalized spacial score (nSPS) is 19.9. The molecule has 8 nitrogen and oxygen atoms in total. The van der Waals surface area contributed by atoms with Gasteiger partial charge in [0.2, 0.25) is 5.03 Å². The summed E-state index contributed by atoms with van der Waals surface area (Å²) in [6.45, 7) is 6.87. The van der Waals surface area contributed by atoms with E-state index < -0.39 is 10.0 Å². The first-order valence-corrected chi connectivity index (χ1v) is 12.0. The predicted octanol–water partition coefficient (Wildman–Crippen LogP) is 2.30. The van der Waals surface area contributed by atoms with Crippen molar-refractivity contribution in [3.05, 3.63) is 41.0 Å². The fourth-order valence-electron chi connectivity index (χ4n) is 3.74. The Balaban J connectivity index is 1.55. The zero-order valence-electron chi connectivity index (χ0n) is 17.2. The zero-order valence-corrected chi connectivity index (χ0v) is 18.7. The van der Waals surface area contributed by atoms with Crippen LogP contribution in [0.25, 0.3) is 0 Å². The number of carbonyl (C=O) groups excluding carboxylic acids is 1. The molecule has 0 bridgehead atoms. The molecule has 3 heterocycles. The van der Waals surface area contributed by atoms with E-state index in [1.165, 1.54) is 4.31 Å². The number of piperazine rings is 1. The molecule has 1 aromatic carbocycles. The van der Waals surface area contributed by atoms with Gasteiger partial charge in [-0.15, -0.1) is 0 Å². The lowest BCUT2D eigenvalue weighted by atomic mass is 10.2. The van der Waals surface area contributed by atoms with Crippen LogP contribution in [0.3, 0.4) is 0 Å². The van der Waals surface area contributed by atoms with Crippen LogP contribution >= 0.6 is 11.6 Å². The van der Waals surface area contributed by atoms with E-state index in [0.717, 1.165) is 12.1 Å². The van der Waals surface area contributed by atoms with Crippen molar-refractivity contribution in [3.63, 3.8) is 0 Å². The summed E-state index contributed by atoms with van der Waals surface area (Å²) in [5.41, 5.74) is 1.14. The van der Waals surface area contributed by atoms with Crippen LogP contribution in [0.4, 0.5) is 5.69 Å². The number of hydrogen-bond acceptors (Lipinski definition) is 5. The van der Waals surface area contributed by atoms with Crippen molar-refractivity contribution in [3.8, 4) is 0 Å². The summed E-state index contributed by atoms with van der Waals surface area (Å²) in [7, 11) is -3.87. The van der Waals surface area contributed by atoms with E-state index in [2.05, 4.69) is 10.00 Å². The summed E-state index contributed by atoms with van der Waals surface area (Å²) in [4.78, 5) is 16.6. The number of rotatable bonds is 6. The second-order valence-corrected chi connectivity index (χ2v) is 10.1. The average molecular weight is 452 g/mol. The third-order valence-corrected chi connectivity index (χ3v) is 7.60. The summed E-state index contributed by atoms with van der Waals surface area (Å²) >= 11 is 6.08. The molecule has 0 aliphatic carbocycles. The maximum Gasteiger partial charge on any atom is 0.263 e. The number of sulfonamides is 1. The Labute approximate surface area is 182 Å². The Hall–Kier alpha value is -2.10. The SMILES string of the molecule is CCCn1cc(C(=O)N2C[C@H]2C)c(S(=O)(=O)N2CCN(c3cccc(Cl)c3)CC2)n1. The van der Waals surface area contributed by atoms with E-state index in [9.17, 15) is 13.2 Å². The van der Waals surface area contributed by atoms with Gasteiger partial charge < -0.3 is 9.80 Å². The molecule has 1 atom stereocenters. The van der Waals surface area contributed by atoms with Crippen molar-refractivity contribution in [2.45, 2.75) is 37.9 Å². The number of benzene rings is 1. The molecule has 2 aromatic rings. The van der Waals surface area contributed by atoms with Gasteiger partial charge in [-0.3, -0.25) is 9.48 Å². The van der Waals surface area contributed by atoms with Crippen LogP contribution in [0.2, 0.25) is 5.02 Å². The lowest BCUT2D eigenvalue weighted by Gasteiger charge is -2.35. The Morgan fingerprint density at radius 1 is 1.23 bits per heavy atom. The first kappa shape index (κ1) is 21.1. The summed E-state index contributed by atoms with van der Waals surface area (Å²) in [6, 6.07) is 7.68. The van der Waals surface area contributed by atoms with Gasteiger partial charge in [0.05, 0.1) is 5.56 Å². The monoisotopic (exact) mass is 451 g/mol. The minimum absolute atomic E-state index is 0.128. The van der Waals surface area contributed by atoms with Gasteiger partial charge in [-0.1, -0.05) is 24.6 Å². The third-order valence-electron chi connectivity index (χ3n) is 5.53. The molecule has 2 aliphatic rings. The number of halogens is 1. The summed E-state index contributed by atoms with van der Waals surface area (Å²) < 4.78 is 29.8. The third kappa shape index (κ3) is 4.06. The molecule has 1 aromatic heterocycles. The van der Waals surface area contributed by atoms with Crippen LogP contribution in [-0.4, -0.2) is 72.1 Å². The quantitative estimate of drug-likeness (QED) is 0.630. The van der Waals surface area contributed by atoms with Crippen molar-refractivity contribution in [2.75, 3.05) is 37.6 Å². The molecule has 1 amide bonds. The van der Waals surface area contributed by atoms with Crippen LogP contribution in [0.1, 0.15) is 30.6 Å². The van der Waals surface area contributed by atoms with Crippen LogP contribution < -0.4 is 4.90 Å². The van der Waals surface area contributed by atoms with Gasteiger partial charge in [-0.05, 0) is 31.5 Å². The maximum atomic E-state index is 13.4. The summed E-state index contributed by atoms with van der Waals surface area (Å²) in [6.07, 6.45) is 2.37. The molecule has 10 heteroatoms. The molecule has 4 rings (SSSR count). The van der Waals surface area contributed by atoms with Crippen LogP contribution in [0.5, 0.6) is 0 Å². The van der Waals surface area contributed by atoms with Gasteiger partial charge in [0, 0.05) is 62.2 Å². The topological polar surface area (TPSA) is 78.5 Å². The van der Waals surface area contributed by atoms with Gasteiger partial charge in [0.15, 0.2) is 0 Å². The van der Waals surface area contributed by atoms with E-state index in [1.54, 1.807) is 15.8 Å². The molecule has 162 valence electrons. The zero-order chi connectivity index (χ0) is 21.5. The van der Waals surface area contributed by atoms with E-state index in [-0.39, 0.29) is 22.5 Å². The van der Waals surface area contributed by atoms with Crippen molar-refractivity contribution in [2.24, 2.45) is 0 Å². The number of anilines is 1. The largest absolute Gasteiger partial charge is 0.369 e. The van der Waals surface area contributed by atoms with Crippen molar-refractivity contribution < 1.29 is 13.2 Å². The minimum atomic E-state index is -3.87. The first-order chi connectivity index (χ1) is 14.3. The fourth-order valence-corrected chi connectivity index (χ4v) is 5.44. The standard InChI is InChI=1S/C20H26ClN5O3S/c1-3-7-24-14-18(20(27)26-13-15(26)2)19(22-24)30(28,29)25-10-8-23(9-11-25)17-6-4-5-16(21)12-17/h4-6,12,14-15H,3,7-11,13H2,1-2H3/t15-,26?/m1/s1. The maximum absolute atomic E-state index is 13.4. The second kappa shape index (κ2) is 8.20. The van der Waals surface area contributed by atoms with Gasteiger partial charge in [0.25, 0.3) is 15.9 Å². The van der Waals surface area contributed by atoms with Gasteiger partial charge >= 0.3 is 0 Å². The molecule has 0 radical (unpaired) electrons. The molecule has 2 saturated heterocycles. The van der Waals surface area contributed by atoms with Crippen molar-refractivity contribution >= 4 is 33.2 Å². The number of carbonyl (C=O) groups is 1. The Kier molecular flexibility index (Phi) is 5.78. The number of nitrogens with zero attached hydrogens (tertiary/aromatic N) is 5. The molecule has 2 fully saturated rings. The number of hydrogen-bond donors (Lipinski definition) is 0. The predicted molar refractivity (Wildman–Crippen MR) is 115 cm³/mol. The average Bonchev–Trinajstić information content (AvgIpc) is 3.30. The number of amides is 1. The van der Waals surface area contributed by atoms with Gasteiger partial charge in [-0.25, -0.2) is 8.42 Å². The highest BCUT2D eigenvalue weighted by atomic mass is 35.5. The summed E-state index contributed by atoms with van der Waals surface area (Å²) in [5, 5.41) is 4.82. The Bertz CT molecular complexity index is 1050. The highest BCUT2D eigenvalue weighted by molar-refractivity contribution is 7.89. The smallest absolute Gasteiger partial charge is 0.263 e. The molecule has 0 spiro atoms. The second-order valence-electron chi connectivity index (χ2n) is 7.79. The highest BCUT2D eigenvalue weighted by Gasteiger charge is 2.40. The molecule has 0 unspecified atom stereocenters. The van der Waals surface area contributed by atoms with E-state index in [1.807, 2.05) is 38.1 Å². The van der Waals surface area contributed by atoms with Crippen LogP contribution in [-0.2, 0) is 16.6 Å². The van der Waals surface area contributed by atoms with Crippen molar-refractivity contribution in [1.82, 2.24) is 19.0 Å². The first-order valence-electron chi connectivity index (χ1n) is 10.2. The Morgan fingerprint density at radius 2 is 1.93 bits per heavy atom. The van der Waals surface area contributed by atoms with E-state index >= 15 is 0 Å². The molecule has 2 aliphatic heterocycles. The highest BCUT2D eigenvalue weighted by Crippen LogP contribution is 2.27. The lowest BCUT2D eigenvalue weighted by molar-refractivity contribution is 0.0872. The van der Waals surface area contributed by atoms with Crippen LogP contribution in [0, 0.1) is 0 Å². The van der Waals surface area contributed by atoms with E-state index in [4.69, 9.17) is 11.6 Å². The number of aryl methyl sites for hydroxylation is 1. The molecule has 30 heavy (non-hydrogen) atoms. The van der Waals surface area contributed by atoms with E-state index in [0.29, 0.717) is 44.3 Å². The van der Waals surface area contributed by atoms with Gasteiger partial charge in [0.1, 0.15) is 0 Å². The molecular formula is C20H26ClN5O3S. The fraction of sp³-hybridized carbons (Fsp3) is 0.500. The lowest BCUT2D eigenvalue weighted by Crippen LogP contribution is -2.49. The molecule has 0 N–H and O–H groups in total. The molecule has 0 saturated carbocycles. The summed E-state index contributed by atoms with van der Waals surface area (Å²) in [5.74, 6) is -0.263.